The molecule has 0 fully saturated rings. The SMILES string of the molecule is CN=C(NCCCOC(C)c1ccccc1)NCCc1cccc(C(=O)NC)c1. The normalized spacial score (nSPS) is 12.3. The van der Waals surface area contributed by atoms with E-state index < -0.39 is 0 Å². The van der Waals surface area contributed by atoms with Gasteiger partial charge < -0.3 is 20.7 Å². The fourth-order valence-corrected chi connectivity index (χ4v) is 2.92. The maximum Gasteiger partial charge on any atom is 0.251 e. The van der Waals surface area contributed by atoms with Gasteiger partial charge in [-0.2, -0.15) is 0 Å². The Balaban J connectivity index is 1.64. The minimum absolute atomic E-state index is 0.0684. The third kappa shape index (κ3) is 7.95. The van der Waals surface area contributed by atoms with Crippen molar-refractivity contribution in [1.29, 1.82) is 0 Å². The van der Waals surface area contributed by atoms with Gasteiger partial charge in [0.15, 0.2) is 5.96 Å². The lowest BCUT2D eigenvalue weighted by Gasteiger charge is -2.15. The maximum atomic E-state index is 11.7. The van der Waals surface area contributed by atoms with Crippen LogP contribution in [0.4, 0.5) is 0 Å². The number of hydrogen-bond acceptors (Lipinski definition) is 3. The van der Waals surface area contributed by atoms with Crippen molar-refractivity contribution in [3.05, 3.63) is 71.3 Å². The second-order valence-corrected chi connectivity index (χ2v) is 6.73. The molecule has 0 heterocycles. The quantitative estimate of drug-likeness (QED) is 0.328. The van der Waals surface area contributed by atoms with Gasteiger partial charge in [0.25, 0.3) is 5.91 Å². The van der Waals surface area contributed by atoms with Gasteiger partial charge in [0.2, 0.25) is 0 Å². The van der Waals surface area contributed by atoms with E-state index in [9.17, 15) is 4.79 Å². The minimum Gasteiger partial charge on any atom is -0.374 e. The van der Waals surface area contributed by atoms with Gasteiger partial charge in [0.05, 0.1) is 6.10 Å². The van der Waals surface area contributed by atoms with E-state index >= 15 is 0 Å². The lowest BCUT2D eigenvalue weighted by molar-refractivity contribution is 0.0646. The van der Waals surface area contributed by atoms with E-state index in [4.69, 9.17) is 4.74 Å². The second-order valence-electron chi connectivity index (χ2n) is 6.73. The molecule has 156 valence electrons. The van der Waals surface area contributed by atoms with Crippen LogP contribution < -0.4 is 16.0 Å². The first-order valence-electron chi connectivity index (χ1n) is 10.1. The zero-order valence-electron chi connectivity index (χ0n) is 17.6. The van der Waals surface area contributed by atoms with E-state index in [1.54, 1.807) is 14.1 Å². The van der Waals surface area contributed by atoms with E-state index in [1.165, 1.54) is 5.56 Å². The molecule has 0 aliphatic heterocycles. The number of carbonyl (C=O) groups is 1. The van der Waals surface area contributed by atoms with Crippen molar-refractivity contribution in [1.82, 2.24) is 16.0 Å². The van der Waals surface area contributed by atoms with Gasteiger partial charge in [-0.1, -0.05) is 42.5 Å². The van der Waals surface area contributed by atoms with Crippen LogP contribution in [-0.4, -0.2) is 45.7 Å². The molecule has 0 aliphatic carbocycles. The summed E-state index contributed by atoms with van der Waals surface area (Å²) in [6.45, 7) is 4.28. The van der Waals surface area contributed by atoms with E-state index in [-0.39, 0.29) is 12.0 Å². The average Bonchev–Trinajstić information content (AvgIpc) is 2.77. The molecule has 0 radical (unpaired) electrons. The highest BCUT2D eigenvalue weighted by Crippen LogP contribution is 2.15. The Bertz CT molecular complexity index is 777. The van der Waals surface area contributed by atoms with Crippen molar-refractivity contribution < 1.29 is 9.53 Å². The summed E-state index contributed by atoms with van der Waals surface area (Å²) in [5.41, 5.74) is 2.98. The molecule has 0 spiro atoms. The van der Waals surface area contributed by atoms with Crippen molar-refractivity contribution in [2.75, 3.05) is 33.8 Å². The van der Waals surface area contributed by atoms with Crippen LogP contribution in [-0.2, 0) is 11.2 Å². The molecule has 0 bridgehead atoms. The lowest BCUT2D eigenvalue weighted by atomic mass is 10.1. The number of guanidine groups is 1. The number of aliphatic imine (C=N–C) groups is 1. The van der Waals surface area contributed by atoms with Crippen LogP contribution in [0.25, 0.3) is 0 Å². The Morgan fingerprint density at radius 1 is 1.07 bits per heavy atom. The van der Waals surface area contributed by atoms with Gasteiger partial charge in [0.1, 0.15) is 0 Å². The summed E-state index contributed by atoms with van der Waals surface area (Å²) in [7, 11) is 3.40. The van der Waals surface area contributed by atoms with Crippen LogP contribution in [0.2, 0.25) is 0 Å². The molecule has 0 saturated heterocycles. The van der Waals surface area contributed by atoms with Crippen molar-refractivity contribution in [3.63, 3.8) is 0 Å². The highest BCUT2D eigenvalue weighted by molar-refractivity contribution is 5.94. The molecule has 0 aromatic heterocycles. The van der Waals surface area contributed by atoms with Gasteiger partial charge >= 0.3 is 0 Å². The Morgan fingerprint density at radius 3 is 2.55 bits per heavy atom. The number of amides is 1. The summed E-state index contributed by atoms with van der Waals surface area (Å²) in [5, 5.41) is 9.25. The topological polar surface area (TPSA) is 74.8 Å². The van der Waals surface area contributed by atoms with Crippen LogP contribution >= 0.6 is 0 Å². The largest absolute Gasteiger partial charge is 0.374 e. The molecule has 3 N–H and O–H groups in total. The molecule has 1 atom stereocenters. The molecule has 1 unspecified atom stereocenters. The van der Waals surface area contributed by atoms with Gasteiger partial charge in [-0.3, -0.25) is 9.79 Å². The summed E-state index contributed by atoms with van der Waals surface area (Å²) in [5.74, 6) is 0.699. The number of nitrogens with zero attached hydrogens (tertiary/aromatic N) is 1. The predicted octanol–water partition coefficient (Wildman–Crippen LogP) is 2.92. The van der Waals surface area contributed by atoms with Gasteiger partial charge in [-0.05, 0) is 43.0 Å². The lowest BCUT2D eigenvalue weighted by Crippen LogP contribution is -2.39. The number of benzene rings is 2. The molecule has 29 heavy (non-hydrogen) atoms. The zero-order chi connectivity index (χ0) is 20.9. The molecule has 2 aromatic rings. The Kier molecular flexibility index (Phi) is 9.72. The third-order valence-electron chi connectivity index (χ3n) is 4.60. The summed E-state index contributed by atoms with van der Waals surface area (Å²) < 4.78 is 5.89. The summed E-state index contributed by atoms with van der Waals surface area (Å²) in [4.78, 5) is 16.0. The predicted molar refractivity (Wildman–Crippen MR) is 118 cm³/mol. The second kappa shape index (κ2) is 12.6. The maximum absolute atomic E-state index is 11.7. The molecule has 2 aromatic carbocycles. The van der Waals surface area contributed by atoms with Crippen molar-refractivity contribution >= 4 is 11.9 Å². The number of carbonyl (C=O) groups excluding carboxylic acids is 1. The molecule has 2 rings (SSSR count). The molecule has 0 saturated carbocycles. The average molecular weight is 397 g/mol. The fourth-order valence-electron chi connectivity index (χ4n) is 2.92. The van der Waals surface area contributed by atoms with E-state index in [0.29, 0.717) is 12.2 Å². The number of ether oxygens (including phenoxy) is 1. The molecule has 1 amide bonds. The molecular weight excluding hydrogens is 364 g/mol. The van der Waals surface area contributed by atoms with Crippen molar-refractivity contribution in [3.8, 4) is 0 Å². The van der Waals surface area contributed by atoms with Crippen LogP contribution in [0.5, 0.6) is 0 Å². The molecule has 6 heteroatoms. The number of rotatable bonds is 10. The fraction of sp³-hybridized carbons (Fsp3) is 0.391. The third-order valence-corrected chi connectivity index (χ3v) is 4.60. The summed E-state index contributed by atoms with van der Waals surface area (Å²) in [6, 6.07) is 17.9. The minimum atomic E-state index is -0.0684. The first-order valence-corrected chi connectivity index (χ1v) is 10.1. The highest BCUT2D eigenvalue weighted by Gasteiger charge is 2.05. The van der Waals surface area contributed by atoms with Gasteiger partial charge in [-0.15, -0.1) is 0 Å². The Morgan fingerprint density at radius 2 is 1.83 bits per heavy atom. The highest BCUT2D eigenvalue weighted by atomic mass is 16.5. The van der Waals surface area contributed by atoms with Crippen LogP contribution in [0.15, 0.2) is 59.6 Å². The van der Waals surface area contributed by atoms with Crippen molar-refractivity contribution in [2.45, 2.75) is 25.9 Å². The van der Waals surface area contributed by atoms with Gasteiger partial charge in [0, 0.05) is 39.4 Å². The van der Waals surface area contributed by atoms with E-state index in [0.717, 1.165) is 37.5 Å². The van der Waals surface area contributed by atoms with Crippen LogP contribution in [0.1, 0.15) is 40.9 Å². The standard InChI is InChI=1S/C23H32N4O2/c1-18(20-10-5-4-6-11-20)29-16-8-14-26-23(25-3)27-15-13-19-9-7-12-21(17-19)22(28)24-2/h4-7,9-12,17-18H,8,13-16H2,1-3H3,(H,24,28)(H2,25,26,27). The Hall–Kier alpha value is -2.86. The molecule has 6 nitrogen and oxygen atoms in total. The van der Waals surface area contributed by atoms with Crippen molar-refractivity contribution in [2.24, 2.45) is 4.99 Å². The zero-order valence-corrected chi connectivity index (χ0v) is 17.6. The molecule has 0 aliphatic rings. The van der Waals surface area contributed by atoms with Crippen LogP contribution in [0.3, 0.4) is 0 Å². The monoisotopic (exact) mass is 396 g/mol. The summed E-state index contributed by atoms with van der Waals surface area (Å²) >= 11 is 0. The Labute approximate surface area is 173 Å². The smallest absolute Gasteiger partial charge is 0.251 e. The first kappa shape index (κ1) is 22.4. The number of hydrogen-bond donors (Lipinski definition) is 3. The summed E-state index contributed by atoms with van der Waals surface area (Å²) in [6.07, 6.45) is 1.80. The molecular formula is C23H32N4O2. The van der Waals surface area contributed by atoms with E-state index in [2.05, 4.69) is 40.0 Å². The first-order chi connectivity index (χ1) is 14.1. The van der Waals surface area contributed by atoms with Gasteiger partial charge in [-0.25, -0.2) is 0 Å². The van der Waals surface area contributed by atoms with E-state index in [1.807, 2.05) is 42.5 Å². The number of nitrogens with one attached hydrogen (secondary N) is 3. The van der Waals surface area contributed by atoms with Crippen LogP contribution in [0, 0.1) is 0 Å².